The Kier molecular flexibility index (Phi) is 6.94. The van der Waals surface area contributed by atoms with Gasteiger partial charge >= 0.3 is 0 Å². The van der Waals surface area contributed by atoms with Gasteiger partial charge in [-0.1, -0.05) is 13.8 Å². The molecule has 0 radical (unpaired) electrons. The minimum absolute atomic E-state index is 0.211. The van der Waals surface area contributed by atoms with Gasteiger partial charge in [0.15, 0.2) is 0 Å². The smallest absolute Gasteiger partial charge is 0.240 e. The molecular weight excluding hydrogens is 288 g/mol. The molecule has 0 spiro atoms. The molecule has 120 valence electrons. The highest BCUT2D eigenvalue weighted by atomic mass is 32.2. The summed E-state index contributed by atoms with van der Waals surface area (Å²) < 4.78 is 25.9. The first-order valence-electron chi connectivity index (χ1n) is 7.23. The summed E-state index contributed by atoms with van der Waals surface area (Å²) in [6.45, 7) is 7.96. The van der Waals surface area contributed by atoms with Crippen molar-refractivity contribution in [1.29, 1.82) is 0 Å². The van der Waals surface area contributed by atoms with Gasteiger partial charge in [-0.25, -0.2) is 13.1 Å². The Morgan fingerprint density at radius 3 is 2.52 bits per heavy atom. The molecule has 0 fully saturated rings. The van der Waals surface area contributed by atoms with E-state index in [1.54, 1.807) is 12.1 Å². The van der Waals surface area contributed by atoms with Gasteiger partial charge in [0.05, 0.1) is 16.3 Å². The lowest BCUT2D eigenvalue weighted by Crippen LogP contribution is -2.29. The van der Waals surface area contributed by atoms with E-state index in [4.69, 9.17) is 5.73 Å². The van der Waals surface area contributed by atoms with E-state index in [0.717, 1.165) is 32.6 Å². The zero-order valence-corrected chi connectivity index (χ0v) is 13.8. The van der Waals surface area contributed by atoms with Crippen LogP contribution in [0.3, 0.4) is 0 Å². The number of nitrogens with two attached hydrogens (primary N) is 1. The van der Waals surface area contributed by atoms with Gasteiger partial charge in [-0.15, -0.1) is 0 Å². The average Bonchev–Trinajstić information content (AvgIpc) is 2.47. The predicted molar refractivity (Wildman–Crippen MR) is 88.0 cm³/mol. The number of hydrogen-bond acceptors (Lipinski definition) is 5. The number of rotatable bonds is 9. The Bertz CT molecular complexity index is 546. The minimum atomic E-state index is -3.45. The quantitative estimate of drug-likeness (QED) is 0.598. The summed E-state index contributed by atoms with van der Waals surface area (Å²) in [5.41, 5.74) is 7.09. The second kappa shape index (κ2) is 8.21. The highest BCUT2D eigenvalue weighted by Crippen LogP contribution is 2.22. The first-order chi connectivity index (χ1) is 9.94. The lowest BCUT2D eigenvalue weighted by atomic mass is 10.2. The van der Waals surface area contributed by atoms with E-state index in [-0.39, 0.29) is 4.90 Å². The molecule has 0 aromatic heterocycles. The average molecular weight is 314 g/mol. The molecule has 21 heavy (non-hydrogen) atoms. The molecule has 7 heteroatoms. The Morgan fingerprint density at radius 2 is 1.95 bits per heavy atom. The number of sulfonamides is 1. The van der Waals surface area contributed by atoms with E-state index < -0.39 is 10.0 Å². The zero-order chi connectivity index (χ0) is 15.9. The molecule has 0 saturated heterocycles. The number of nitrogens with one attached hydrogen (secondary N) is 2. The van der Waals surface area contributed by atoms with Crippen molar-refractivity contribution >= 4 is 21.4 Å². The number of nitrogens with zero attached hydrogens (tertiary/aromatic N) is 1. The van der Waals surface area contributed by atoms with Crippen LogP contribution in [0, 0.1) is 0 Å². The van der Waals surface area contributed by atoms with Gasteiger partial charge in [0, 0.05) is 13.1 Å². The first-order valence-corrected chi connectivity index (χ1v) is 8.72. The summed E-state index contributed by atoms with van der Waals surface area (Å²) in [6, 6.07) is 4.68. The lowest BCUT2D eigenvalue weighted by molar-refractivity contribution is 0.300. The lowest BCUT2D eigenvalue weighted by Gasteiger charge is -2.20. The first kappa shape index (κ1) is 17.7. The summed E-state index contributed by atoms with van der Waals surface area (Å²) in [5.74, 6) is 0. The Hall–Kier alpha value is -1.31. The molecule has 0 atom stereocenters. The van der Waals surface area contributed by atoms with Crippen LogP contribution < -0.4 is 15.8 Å². The molecule has 0 heterocycles. The van der Waals surface area contributed by atoms with Gasteiger partial charge in [0.2, 0.25) is 10.0 Å². The molecule has 6 nitrogen and oxygen atoms in total. The maximum absolute atomic E-state index is 11.8. The molecule has 0 unspecified atom stereocenters. The van der Waals surface area contributed by atoms with Gasteiger partial charge in [0.1, 0.15) is 0 Å². The standard InChI is InChI=1S/C14H26N4O2S/c1-4-9-18(5-2)10-8-17-14-11-12(6-7-13(14)15)21(19,20)16-3/h6-7,11,16-17H,4-5,8-10,15H2,1-3H3. The highest BCUT2D eigenvalue weighted by molar-refractivity contribution is 7.89. The number of nitrogen functional groups attached to an aromatic ring is 1. The molecule has 0 aliphatic rings. The van der Waals surface area contributed by atoms with Gasteiger partial charge in [-0.2, -0.15) is 0 Å². The van der Waals surface area contributed by atoms with Crippen molar-refractivity contribution in [3.63, 3.8) is 0 Å². The van der Waals surface area contributed by atoms with Gasteiger partial charge in [-0.05, 0) is 44.8 Å². The third kappa shape index (κ3) is 5.18. The van der Waals surface area contributed by atoms with Crippen LogP contribution in [0.2, 0.25) is 0 Å². The summed E-state index contributed by atoms with van der Waals surface area (Å²) in [5, 5.41) is 3.21. The number of anilines is 2. The number of likely N-dealkylation sites (N-methyl/N-ethyl adjacent to an activating group) is 1. The fourth-order valence-corrected chi connectivity index (χ4v) is 2.82. The van der Waals surface area contributed by atoms with Crippen molar-refractivity contribution in [1.82, 2.24) is 9.62 Å². The molecule has 0 aliphatic heterocycles. The van der Waals surface area contributed by atoms with E-state index in [1.807, 2.05) is 0 Å². The number of hydrogen-bond donors (Lipinski definition) is 3. The van der Waals surface area contributed by atoms with Gasteiger partial charge in [-0.3, -0.25) is 0 Å². The van der Waals surface area contributed by atoms with Gasteiger partial charge in [0.25, 0.3) is 0 Å². The maximum atomic E-state index is 11.8. The molecule has 1 rings (SSSR count). The monoisotopic (exact) mass is 314 g/mol. The van der Waals surface area contributed by atoms with Crippen LogP contribution in [-0.4, -0.2) is 46.5 Å². The normalized spacial score (nSPS) is 11.8. The molecule has 0 amide bonds. The Morgan fingerprint density at radius 1 is 1.24 bits per heavy atom. The minimum Gasteiger partial charge on any atom is -0.397 e. The van der Waals surface area contributed by atoms with Crippen LogP contribution in [0.15, 0.2) is 23.1 Å². The highest BCUT2D eigenvalue weighted by Gasteiger charge is 2.13. The van der Waals surface area contributed by atoms with Crippen LogP contribution in [0.4, 0.5) is 11.4 Å². The zero-order valence-electron chi connectivity index (χ0n) is 13.0. The van der Waals surface area contributed by atoms with Crippen molar-refractivity contribution in [3.05, 3.63) is 18.2 Å². The number of benzene rings is 1. The molecule has 1 aromatic carbocycles. The molecule has 0 saturated carbocycles. The van der Waals surface area contributed by atoms with Crippen LogP contribution in [0.1, 0.15) is 20.3 Å². The molecule has 4 N–H and O–H groups in total. The van der Waals surface area contributed by atoms with Crippen molar-refractivity contribution in [2.24, 2.45) is 0 Å². The van der Waals surface area contributed by atoms with Crippen molar-refractivity contribution in [3.8, 4) is 0 Å². The van der Waals surface area contributed by atoms with Crippen molar-refractivity contribution in [2.45, 2.75) is 25.2 Å². The second-order valence-corrected chi connectivity index (χ2v) is 6.70. The topological polar surface area (TPSA) is 87.5 Å². The van der Waals surface area contributed by atoms with Crippen molar-refractivity contribution in [2.75, 3.05) is 44.3 Å². The molecule has 1 aromatic rings. The SMILES string of the molecule is CCCN(CC)CCNc1cc(S(=O)(=O)NC)ccc1N. The van der Waals surface area contributed by atoms with Gasteiger partial charge < -0.3 is 16.0 Å². The summed E-state index contributed by atoms with van der Waals surface area (Å²) in [6.07, 6.45) is 1.12. The van der Waals surface area contributed by atoms with E-state index in [2.05, 4.69) is 28.8 Å². The molecule has 0 aliphatic carbocycles. The van der Waals surface area contributed by atoms with Crippen LogP contribution >= 0.6 is 0 Å². The maximum Gasteiger partial charge on any atom is 0.240 e. The Balaban J connectivity index is 2.73. The predicted octanol–water partition coefficient (Wildman–Crippen LogP) is 1.32. The van der Waals surface area contributed by atoms with Crippen molar-refractivity contribution < 1.29 is 8.42 Å². The fraction of sp³-hybridized carbons (Fsp3) is 0.571. The third-order valence-corrected chi connectivity index (χ3v) is 4.75. The molecule has 0 bridgehead atoms. The van der Waals surface area contributed by atoms with Crippen LogP contribution in [0.5, 0.6) is 0 Å². The van der Waals surface area contributed by atoms with E-state index in [1.165, 1.54) is 13.1 Å². The fourth-order valence-electron chi connectivity index (χ4n) is 2.07. The van der Waals surface area contributed by atoms with Crippen LogP contribution in [0.25, 0.3) is 0 Å². The van der Waals surface area contributed by atoms with Crippen LogP contribution in [-0.2, 0) is 10.0 Å². The Labute approximate surface area is 127 Å². The van der Waals surface area contributed by atoms with E-state index >= 15 is 0 Å². The largest absolute Gasteiger partial charge is 0.397 e. The molecular formula is C14H26N4O2S. The summed E-state index contributed by atoms with van der Waals surface area (Å²) in [4.78, 5) is 2.54. The summed E-state index contributed by atoms with van der Waals surface area (Å²) >= 11 is 0. The summed E-state index contributed by atoms with van der Waals surface area (Å²) in [7, 11) is -2.06. The third-order valence-electron chi connectivity index (χ3n) is 3.33. The van der Waals surface area contributed by atoms with E-state index in [0.29, 0.717) is 11.4 Å². The second-order valence-electron chi connectivity index (χ2n) is 4.82. The van der Waals surface area contributed by atoms with E-state index in [9.17, 15) is 8.42 Å².